The van der Waals surface area contributed by atoms with E-state index in [2.05, 4.69) is 15.3 Å². The lowest BCUT2D eigenvalue weighted by Gasteiger charge is -2.00. The van der Waals surface area contributed by atoms with Crippen molar-refractivity contribution in [2.24, 2.45) is 21.5 Å². The maximum Gasteiger partial charge on any atom is 0.200 e. The molecule has 1 aromatic rings. The Kier molecular flexibility index (Phi) is 4.59. The van der Waals surface area contributed by atoms with Crippen molar-refractivity contribution >= 4 is 18.0 Å². The first-order valence-corrected chi connectivity index (χ1v) is 4.76. The number of aliphatic imine (C=N–C) groups is 2. The molecule has 0 saturated carbocycles. The van der Waals surface area contributed by atoms with Crippen LogP contribution >= 0.6 is 0 Å². The fourth-order valence-corrected chi connectivity index (χ4v) is 0.987. The van der Waals surface area contributed by atoms with E-state index in [1.165, 1.54) is 0 Å². The monoisotopic (exact) mass is 217 g/mol. The highest BCUT2D eigenvalue weighted by Gasteiger charge is 1.90. The number of nitrogens with one attached hydrogen (secondary N) is 1. The van der Waals surface area contributed by atoms with E-state index in [1.807, 2.05) is 36.4 Å². The van der Waals surface area contributed by atoms with Crippen LogP contribution in [0.5, 0.6) is 0 Å². The summed E-state index contributed by atoms with van der Waals surface area (Å²) in [4.78, 5) is 7.64. The predicted octanol–water partition coefficient (Wildman–Crippen LogP) is 0.506. The summed E-state index contributed by atoms with van der Waals surface area (Å²) < 4.78 is 0. The standard InChI is InChI=1S/C11H15N5/c1-14-10(12)16-11(13)15-8-7-9-5-3-2-4-6-9/h2-8H,1H3,(H5,12,13,14,15,16). The Hall–Kier alpha value is -2.30. The van der Waals surface area contributed by atoms with Gasteiger partial charge in [0, 0.05) is 13.2 Å². The van der Waals surface area contributed by atoms with Crippen LogP contribution in [0.25, 0.3) is 6.08 Å². The Balaban J connectivity index is 2.56. The van der Waals surface area contributed by atoms with E-state index in [4.69, 9.17) is 11.5 Å². The van der Waals surface area contributed by atoms with Gasteiger partial charge in [-0.15, -0.1) is 0 Å². The molecule has 0 amide bonds. The summed E-state index contributed by atoms with van der Waals surface area (Å²) in [5, 5.41) is 2.62. The number of nitrogens with zero attached hydrogens (tertiary/aromatic N) is 2. The predicted molar refractivity (Wildman–Crippen MR) is 67.8 cm³/mol. The van der Waals surface area contributed by atoms with Crippen LogP contribution in [0, 0.1) is 0 Å². The molecule has 0 saturated heterocycles. The van der Waals surface area contributed by atoms with Crippen molar-refractivity contribution in [2.45, 2.75) is 0 Å². The molecule has 84 valence electrons. The second-order valence-corrected chi connectivity index (χ2v) is 2.97. The molecule has 1 aromatic carbocycles. The number of guanidine groups is 2. The molecule has 5 heteroatoms. The highest BCUT2D eigenvalue weighted by atomic mass is 15.2. The van der Waals surface area contributed by atoms with Crippen molar-refractivity contribution < 1.29 is 0 Å². The number of nitrogens with two attached hydrogens (primary N) is 2. The van der Waals surface area contributed by atoms with Crippen LogP contribution in [0.4, 0.5) is 0 Å². The molecule has 0 aliphatic heterocycles. The molecular formula is C11H15N5. The Morgan fingerprint density at radius 3 is 2.50 bits per heavy atom. The molecule has 0 unspecified atom stereocenters. The highest BCUT2D eigenvalue weighted by molar-refractivity contribution is 5.97. The smallest absolute Gasteiger partial charge is 0.200 e. The van der Waals surface area contributed by atoms with E-state index in [-0.39, 0.29) is 11.9 Å². The molecule has 0 radical (unpaired) electrons. The van der Waals surface area contributed by atoms with Gasteiger partial charge in [-0.2, -0.15) is 0 Å². The van der Waals surface area contributed by atoms with Crippen molar-refractivity contribution in [3.8, 4) is 0 Å². The molecule has 0 spiro atoms. The van der Waals surface area contributed by atoms with E-state index in [1.54, 1.807) is 13.2 Å². The average molecular weight is 217 g/mol. The number of benzene rings is 1. The molecule has 0 bridgehead atoms. The van der Waals surface area contributed by atoms with Gasteiger partial charge in [0.15, 0.2) is 11.9 Å². The van der Waals surface area contributed by atoms with Crippen molar-refractivity contribution in [3.63, 3.8) is 0 Å². The zero-order chi connectivity index (χ0) is 11.8. The normalized spacial score (nSPS) is 13.1. The van der Waals surface area contributed by atoms with Crippen molar-refractivity contribution in [2.75, 3.05) is 7.05 Å². The van der Waals surface area contributed by atoms with Crippen LogP contribution in [0.15, 0.2) is 46.5 Å². The van der Waals surface area contributed by atoms with E-state index in [0.29, 0.717) is 0 Å². The average Bonchev–Trinajstić information content (AvgIpc) is 2.30. The molecule has 0 aliphatic rings. The second kappa shape index (κ2) is 6.23. The van der Waals surface area contributed by atoms with Crippen molar-refractivity contribution in [1.29, 1.82) is 0 Å². The van der Waals surface area contributed by atoms with Gasteiger partial charge in [0.05, 0.1) is 0 Å². The summed E-state index contributed by atoms with van der Waals surface area (Å²) in [6.07, 6.45) is 3.44. The topological polar surface area (TPSA) is 88.8 Å². The lowest BCUT2D eigenvalue weighted by atomic mass is 10.2. The van der Waals surface area contributed by atoms with Crippen LogP contribution in [0.3, 0.4) is 0 Å². The lowest BCUT2D eigenvalue weighted by Crippen LogP contribution is -2.41. The lowest BCUT2D eigenvalue weighted by molar-refractivity contribution is 1.21. The minimum absolute atomic E-state index is 0.204. The second-order valence-electron chi connectivity index (χ2n) is 2.97. The number of rotatable bonds is 2. The number of hydrogen-bond donors (Lipinski definition) is 3. The van der Waals surface area contributed by atoms with Gasteiger partial charge in [0.25, 0.3) is 0 Å². The van der Waals surface area contributed by atoms with Gasteiger partial charge in [-0.25, -0.2) is 4.99 Å². The minimum atomic E-state index is 0.204. The Labute approximate surface area is 94.6 Å². The van der Waals surface area contributed by atoms with Gasteiger partial charge in [0.2, 0.25) is 0 Å². The largest absolute Gasteiger partial charge is 0.370 e. The van der Waals surface area contributed by atoms with E-state index in [0.717, 1.165) is 5.56 Å². The molecule has 1 rings (SSSR count). The molecule has 0 aromatic heterocycles. The van der Waals surface area contributed by atoms with Gasteiger partial charge in [0.1, 0.15) is 0 Å². The third-order valence-corrected chi connectivity index (χ3v) is 1.78. The summed E-state index contributed by atoms with van der Waals surface area (Å²) >= 11 is 0. The minimum Gasteiger partial charge on any atom is -0.370 e. The summed E-state index contributed by atoms with van der Waals surface area (Å²) in [5.74, 6) is 0.435. The first-order valence-electron chi connectivity index (χ1n) is 4.76. The first-order chi connectivity index (χ1) is 7.72. The summed E-state index contributed by atoms with van der Waals surface area (Å²) in [6.45, 7) is 0. The third-order valence-electron chi connectivity index (χ3n) is 1.78. The maximum absolute atomic E-state index is 5.54. The molecule has 0 fully saturated rings. The van der Waals surface area contributed by atoms with Crippen LogP contribution in [-0.4, -0.2) is 19.0 Å². The summed E-state index contributed by atoms with van der Waals surface area (Å²) in [7, 11) is 1.56. The summed E-state index contributed by atoms with van der Waals surface area (Å²) in [5.41, 5.74) is 12.0. The molecular weight excluding hydrogens is 202 g/mol. The molecule has 16 heavy (non-hydrogen) atoms. The fraction of sp³-hybridized carbons (Fsp3) is 0.0909. The van der Waals surface area contributed by atoms with E-state index < -0.39 is 0 Å². The molecule has 0 atom stereocenters. The van der Waals surface area contributed by atoms with Crippen LogP contribution in [0.2, 0.25) is 0 Å². The Morgan fingerprint density at radius 2 is 1.88 bits per heavy atom. The zero-order valence-corrected chi connectivity index (χ0v) is 9.09. The fourth-order valence-electron chi connectivity index (χ4n) is 0.987. The van der Waals surface area contributed by atoms with Crippen molar-refractivity contribution in [3.05, 3.63) is 42.1 Å². The molecule has 5 N–H and O–H groups in total. The maximum atomic E-state index is 5.54. The SMILES string of the molecule is CN=C(N)NC(N)=NC=Cc1ccccc1. The molecule has 0 heterocycles. The highest BCUT2D eigenvalue weighted by Crippen LogP contribution is 2.00. The van der Waals surface area contributed by atoms with Crippen LogP contribution < -0.4 is 16.8 Å². The molecule has 0 aliphatic carbocycles. The number of hydrogen-bond acceptors (Lipinski definition) is 2. The van der Waals surface area contributed by atoms with Gasteiger partial charge in [-0.05, 0) is 11.6 Å². The summed E-state index contributed by atoms with van der Waals surface area (Å²) in [6, 6.07) is 9.80. The van der Waals surface area contributed by atoms with Crippen molar-refractivity contribution in [1.82, 2.24) is 5.32 Å². The third kappa shape index (κ3) is 4.28. The van der Waals surface area contributed by atoms with Gasteiger partial charge < -0.3 is 11.5 Å². The van der Waals surface area contributed by atoms with Gasteiger partial charge in [-0.3, -0.25) is 10.3 Å². The Bertz CT molecular complexity index is 406. The van der Waals surface area contributed by atoms with E-state index in [9.17, 15) is 0 Å². The Morgan fingerprint density at radius 1 is 1.19 bits per heavy atom. The van der Waals surface area contributed by atoms with Gasteiger partial charge >= 0.3 is 0 Å². The first kappa shape index (κ1) is 11.8. The quantitative estimate of drug-likeness (QED) is 0.498. The van der Waals surface area contributed by atoms with E-state index >= 15 is 0 Å². The molecule has 5 nitrogen and oxygen atoms in total. The zero-order valence-electron chi connectivity index (χ0n) is 9.09. The van der Waals surface area contributed by atoms with Crippen LogP contribution in [-0.2, 0) is 0 Å². The van der Waals surface area contributed by atoms with Crippen LogP contribution in [0.1, 0.15) is 5.56 Å². The van der Waals surface area contributed by atoms with Gasteiger partial charge in [-0.1, -0.05) is 30.3 Å².